The number of aromatic nitrogens is 2. The van der Waals surface area contributed by atoms with Gasteiger partial charge in [-0.15, -0.1) is 0 Å². The van der Waals surface area contributed by atoms with Crippen LogP contribution in [-0.2, 0) is 13.8 Å². The van der Waals surface area contributed by atoms with Gasteiger partial charge in [-0.05, 0) is 12.1 Å². The molecule has 3 rings (SSSR count). The SMILES string of the molecule is O=C1CC(S(=O)(=O)Cl)CN1c1ncc2c(Br)cccc2n1. The first-order valence-corrected chi connectivity index (χ1v) is 9.18. The highest BCUT2D eigenvalue weighted by Gasteiger charge is 2.39. The van der Waals surface area contributed by atoms with E-state index in [1.807, 2.05) is 12.1 Å². The van der Waals surface area contributed by atoms with E-state index < -0.39 is 14.3 Å². The van der Waals surface area contributed by atoms with Gasteiger partial charge in [0, 0.05) is 39.7 Å². The summed E-state index contributed by atoms with van der Waals surface area (Å²) in [6.45, 7) is -0.0236. The molecule has 1 amide bonds. The van der Waals surface area contributed by atoms with Crippen LogP contribution >= 0.6 is 26.6 Å². The first kappa shape index (κ1) is 14.7. The molecule has 110 valence electrons. The predicted molar refractivity (Wildman–Crippen MR) is 82.8 cm³/mol. The minimum atomic E-state index is -3.78. The third kappa shape index (κ3) is 2.75. The highest BCUT2D eigenvalue weighted by Crippen LogP contribution is 2.27. The number of rotatable bonds is 2. The lowest BCUT2D eigenvalue weighted by Crippen LogP contribution is -2.28. The van der Waals surface area contributed by atoms with Gasteiger partial charge in [0.05, 0.1) is 5.52 Å². The maximum atomic E-state index is 11.9. The molecule has 1 unspecified atom stereocenters. The maximum absolute atomic E-state index is 11.9. The van der Waals surface area contributed by atoms with Gasteiger partial charge in [-0.3, -0.25) is 9.69 Å². The van der Waals surface area contributed by atoms with Crippen molar-refractivity contribution >= 4 is 58.4 Å². The van der Waals surface area contributed by atoms with Gasteiger partial charge >= 0.3 is 0 Å². The number of fused-ring (bicyclic) bond motifs is 1. The van der Waals surface area contributed by atoms with Crippen molar-refractivity contribution in [3.63, 3.8) is 0 Å². The molecule has 1 aliphatic heterocycles. The van der Waals surface area contributed by atoms with Crippen LogP contribution in [0, 0.1) is 0 Å². The summed E-state index contributed by atoms with van der Waals surface area (Å²) in [5, 5.41) is -0.108. The Bertz CT molecular complexity index is 843. The number of halogens is 2. The lowest BCUT2D eigenvalue weighted by atomic mass is 10.2. The Kier molecular flexibility index (Phi) is 3.62. The van der Waals surface area contributed by atoms with Crippen molar-refractivity contribution in [2.24, 2.45) is 0 Å². The molecule has 6 nitrogen and oxygen atoms in total. The van der Waals surface area contributed by atoms with Crippen LogP contribution in [0.5, 0.6) is 0 Å². The second-order valence-corrected chi connectivity index (χ2v) is 8.41. The lowest BCUT2D eigenvalue weighted by Gasteiger charge is -2.14. The number of carbonyl (C=O) groups is 1. The van der Waals surface area contributed by atoms with Crippen LogP contribution in [0.1, 0.15) is 6.42 Å². The number of nitrogens with zero attached hydrogens (tertiary/aromatic N) is 3. The Labute approximate surface area is 133 Å². The first-order valence-electron chi connectivity index (χ1n) is 6.01. The quantitative estimate of drug-likeness (QED) is 0.733. The van der Waals surface area contributed by atoms with E-state index in [2.05, 4.69) is 25.9 Å². The molecule has 2 aromatic rings. The topological polar surface area (TPSA) is 80.2 Å². The number of anilines is 1. The van der Waals surface area contributed by atoms with Crippen molar-refractivity contribution in [3.8, 4) is 0 Å². The zero-order valence-electron chi connectivity index (χ0n) is 10.5. The van der Waals surface area contributed by atoms with Crippen LogP contribution in [0.4, 0.5) is 5.95 Å². The molecule has 1 saturated heterocycles. The summed E-state index contributed by atoms with van der Waals surface area (Å²) in [6.07, 6.45) is 1.45. The van der Waals surface area contributed by atoms with Crippen LogP contribution in [0.2, 0.25) is 0 Å². The molecular weight excluding hydrogens is 382 g/mol. The highest BCUT2D eigenvalue weighted by molar-refractivity contribution is 9.10. The van der Waals surface area contributed by atoms with Gasteiger partial charge in [0.2, 0.25) is 20.9 Å². The smallest absolute Gasteiger partial charge is 0.237 e. The van der Waals surface area contributed by atoms with E-state index in [4.69, 9.17) is 10.7 Å². The number of amides is 1. The Hall–Kier alpha value is -1.25. The maximum Gasteiger partial charge on any atom is 0.237 e. The van der Waals surface area contributed by atoms with Gasteiger partial charge in [-0.25, -0.2) is 18.4 Å². The molecule has 0 bridgehead atoms. The van der Waals surface area contributed by atoms with Gasteiger partial charge in [0.15, 0.2) is 0 Å². The van der Waals surface area contributed by atoms with Crippen LogP contribution in [0.3, 0.4) is 0 Å². The average molecular weight is 391 g/mol. The largest absolute Gasteiger partial charge is 0.279 e. The normalized spacial score (nSPS) is 19.4. The molecule has 1 aliphatic rings. The molecule has 0 spiro atoms. The number of hydrogen-bond donors (Lipinski definition) is 0. The van der Waals surface area contributed by atoms with E-state index in [0.717, 1.165) is 9.86 Å². The Morgan fingerprint density at radius 3 is 2.81 bits per heavy atom. The second-order valence-electron chi connectivity index (χ2n) is 4.65. The molecule has 1 fully saturated rings. The summed E-state index contributed by atoms with van der Waals surface area (Å²) >= 11 is 3.40. The lowest BCUT2D eigenvalue weighted by molar-refractivity contribution is -0.117. The minimum Gasteiger partial charge on any atom is -0.279 e. The fraction of sp³-hybridized carbons (Fsp3) is 0.250. The molecule has 0 aliphatic carbocycles. The van der Waals surface area contributed by atoms with E-state index >= 15 is 0 Å². The van der Waals surface area contributed by atoms with Crippen LogP contribution in [0.15, 0.2) is 28.9 Å². The standard InChI is InChI=1S/C12H9BrClN3O3S/c13-9-2-1-3-10-8(9)5-15-12(16-10)17-6-7(4-11(17)18)21(14,19)20/h1-3,5,7H,4,6H2. The molecule has 1 aromatic carbocycles. The van der Waals surface area contributed by atoms with Gasteiger partial charge < -0.3 is 0 Å². The van der Waals surface area contributed by atoms with Crippen molar-refractivity contribution in [1.82, 2.24) is 9.97 Å². The van der Waals surface area contributed by atoms with Gasteiger partial charge in [0.1, 0.15) is 5.25 Å². The first-order chi connectivity index (χ1) is 9.86. The van der Waals surface area contributed by atoms with E-state index in [-0.39, 0.29) is 24.8 Å². The third-order valence-corrected chi connectivity index (χ3v) is 5.85. The summed E-state index contributed by atoms with van der Waals surface area (Å²) in [5.41, 5.74) is 0.666. The monoisotopic (exact) mass is 389 g/mol. The molecule has 21 heavy (non-hydrogen) atoms. The molecular formula is C12H9BrClN3O3S. The van der Waals surface area contributed by atoms with Crippen molar-refractivity contribution < 1.29 is 13.2 Å². The number of carbonyl (C=O) groups excluding carboxylic acids is 1. The Morgan fingerprint density at radius 2 is 2.14 bits per heavy atom. The summed E-state index contributed by atoms with van der Waals surface area (Å²) in [5.74, 6) is -0.160. The highest BCUT2D eigenvalue weighted by atomic mass is 79.9. The van der Waals surface area contributed by atoms with E-state index in [1.165, 1.54) is 4.90 Å². The Balaban J connectivity index is 2.00. The van der Waals surface area contributed by atoms with Crippen molar-refractivity contribution in [2.75, 3.05) is 11.4 Å². The molecule has 2 heterocycles. The van der Waals surface area contributed by atoms with Crippen LogP contribution in [-0.4, -0.2) is 36.1 Å². The fourth-order valence-corrected chi connectivity index (χ4v) is 3.68. The zero-order valence-corrected chi connectivity index (χ0v) is 13.7. The van der Waals surface area contributed by atoms with Gasteiger partial charge in [-0.2, -0.15) is 0 Å². The summed E-state index contributed by atoms with van der Waals surface area (Å²) in [7, 11) is 1.54. The fourth-order valence-electron chi connectivity index (χ4n) is 2.20. The second kappa shape index (κ2) is 5.19. The van der Waals surface area contributed by atoms with E-state index in [1.54, 1.807) is 12.3 Å². The molecule has 1 aromatic heterocycles. The molecule has 0 radical (unpaired) electrons. The zero-order chi connectivity index (χ0) is 15.2. The predicted octanol–water partition coefficient (Wildman–Crippen LogP) is 2.07. The Morgan fingerprint density at radius 1 is 1.38 bits per heavy atom. The van der Waals surface area contributed by atoms with Gasteiger partial charge in [-0.1, -0.05) is 22.0 Å². The minimum absolute atomic E-state index is 0.0236. The summed E-state index contributed by atoms with van der Waals surface area (Å²) in [6, 6.07) is 5.48. The number of benzene rings is 1. The van der Waals surface area contributed by atoms with Gasteiger partial charge in [0.25, 0.3) is 0 Å². The third-order valence-electron chi connectivity index (χ3n) is 3.29. The molecule has 0 N–H and O–H groups in total. The molecule has 9 heteroatoms. The van der Waals surface area contributed by atoms with Crippen LogP contribution in [0.25, 0.3) is 10.9 Å². The number of hydrogen-bond acceptors (Lipinski definition) is 5. The van der Waals surface area contributed by atoms with Crippen molar-refractivity contribution in [3.05, 3.63) is 28.9 Å². The van der Waals surface area contributed by atoms with E-state index in [9.17, 15) is 13.2 Å². The molecule has 0 saturated carbocycles. The van der Waals surface area contributed by atoms with E-state index in [0.29, 0.717) is 5.52 Å². The van der Waals surface area contributed by atoms with Crippen molar-refractivity contribution in [2.45, 2.75) is 11.7 Å². The molecule has 1 atom stereocenters. The van der Waals surface area contributed by atoms with Crippen LogP contribution < -0.4 is 4.90 Å². The summed E-state index contributed by atoms with van der Waals surface area (Å²) in [4.78, 5) is 21.7. The summed E-state index contributed by atoms with van der Waals surface area (Å²) < 4.78 is 23.6. The average Bonchev–Trinajstić information content (AvgIpc) is 2.81. The van der Waals surface area contributed by atoms with Crippen molar-refractivity contribution in [1.29, 1.82) is 0 Å².